The van der Waals surface area contributed by atoms with Crippen molar-refractivity contribution in [1.29, 1.82) is 0 Å². The molecule has 1 saturated heterocycles. The van der Waals surface area contributed by atoms with Gasteiger partial charge in [-0.1, -0.05) is 0 Å². The lowest BCUT2D eigenvalue weighted by atomic mass is 10.4. The van der Waals surface area contributed by atoms with Gasteiger partial charge in [0.2, 0.25) is 0 Å². The summed E-state index contributed by atoms with van der Waals surface area (Å²) < 4.78 is 1.24. The van der Waals surface area contributed by atoms with Gasteiger partial charge in [-0.05, 0) is 28.1 Å². The van der Waals surface area contributed by atoms with Crippen LogP contribution in [0, 0.1) is 0 Å². The highest BCUT2D eigenvalue weighted by molar-refractivity contribution is 9.11. The summed E-state index contributed by atoms with van der Waals surface area (Å²) in [7, 11) is 0. The SMILES string of the molecule is Brc1ccc(CN2CCSCC2)s1. The van der Waals surface area contributed by atoms with Crippen LogP contribution in [0.2, 0.25) is 0 Å². The van der Waals surface area contributed by atoms with Crippen LogP contribution >= 0.6 is 39.0 Å². The van der Waals surface area contributed by atoms with E-state index in [0.717, 1.165) is 6.54 Å². The van der Waals surface area contributed by atoms with Crippen molar-refractivity contribution in [1.82, 2.24) is 4.90 Å². The highest BCUT2D eigenvalue weighted by atomic mass is 79.9. The fraction of sp³-hybridized carbons (Fsp3) is 0.556. The van der Waals surface area contributed by atoms with Gasteiger partial charge in [-0.15, -0.1) is 11.3 Å². The van der Waals surface area contributed by atoms with Gasteiger partial charge in [0.1, 0.15) is 0 Å². The van der Waals surface area contributed by atoms with E-state index >= 15 is 0 Å². The third-order valence-electron chi connectivity index (χ3n) is 2.11. The Morgan fingerprint density at radius 2 is 2.08 bits per heavy atom. The van der Waals surface area contributed by atoms with Crippen LogP contribution in [0.1, 0.15) is 4.88 Å². The molecule has 0 aliphatic carbocycles. The average Bonchev–Trinajstić information content (AvgIpc) is 2.53. The zero-order valence-corrected chi connectivity index (χ0v) is 10.6. The number of rotatable bonds is 2. The standard InChI is InChI=1S/C9H12BrNS2/c10-9-2-1-8(13-9)7-11-3-5-12-6-4-11/h1-2H,3-7H2. The smallest absolute Gasteiger partial charge is 0.0701 e. The topological polar surface area (TPSA) is 3.24 Å². The molecule has 0 N–H and O–H groups in total. The van der Waals surface area contributed by atoms with Crippen LogP contribution in [0.3, 0.4) is 0 Å². The van der Waals surface area contributed by atoms with Gasteiger partial charge in [0.15, 0.2) is 0 Å². The van der Waals surface area contributed by atoms with Crippen molar-refractivity contribution in [3.05, 3.63) is 20.8 Å². The van der Waals surface area contributed by atoms with Crippen LogP contribution in [0.25, 0.3) is 0 Å². The maximum atomic E-state index is 3.49. The second kappa shape index (κ2) is 4.82. The molecule has 0 unspecified atom stereocenters. The Morgan fingerprint density at radius 1 is 1.31 bits per heavy atom. The lowest BCUT2D eigenvalue weighted by Crippen LogP contribution is -2.31. The van der Waals surface area contributed by atoms with Crippen LogP contribution < -0.4 is 0 Å². The second-order valence-electron chi connectivity index (χ2n) is 3.09. The number of thiophene rings is 1. The monoisotopic (exact) mass is 277 g/mol. The highest BCUT2D eigenvalue weighted by Gasteiger charge is 2.11. The first-order valence-corrected chi connectivity index (χ1v) is 7.15. The molecule has 2 rings (SSSR count). The summed E-state index contributed by atoms with van der Waals surface area (Å²) in [6.45, 7) is 3.64. The summed E-state index contributed by atoms with van der Waals surface area (Å²) in [4.78, 5) is 4.01. The highest BCUT2D eigenvalue weighted by Crippen LogP contribution is 2.24. The van der Waals surface area contributed by atoms with E-state index in [1.165, 1.54) is 33.3 Å². The van der Waals surface area contributed by atoms with Gasteiger partial charge in [0.05, 0.1) is 3.79 Å². The Morgan fingerprint density at radius 3 is 2.69 bits per heavy atom. The minimum absolute atomic E-state index is 1.14. The van der Waals surface area contributed by atoms with Gasteiger partial charge >= 0.3 is 0 Å². The number of nitrogens with zero attached hydrogens (tertiary/aromatic N) is 1. The number of hydrogen-bond acceptors (Lipinski definition) is 3. The number of halogens is 1. The van der Waals surface area contributed by atoms with Crippen LogP contribution in [0.15, 0.2) is 15.9 Å². The number of thioether (sulfide) groups is 1. The first-order valence-electron chi connectivity index (χ1n) is 4.39. The minimum atomic E-state index is 1.14. The van der Waals surface area contributed by atoms with Gasteiger partial charge < -0.3 is 0 Å². The summed E-state index contributed by atoms with van der Waals surface area (Å²) in [5.74, 6) is 2.60. The lowest BCUT2D eigenvalue weighted by Gasteiger charge is -2.25. The van der Waals surface area contributed by atoms with Crippen LogP contribution in [0.4, 0.5) is 0 Å². The first kappa shape index (κ1) is 10.0. The third-order valence-corrected chi connectivity index (χ3v) is 4.66. The summed E-state index contributed by atoms with van der Waals surface area (Å²) >= 11 is 7.41. The maximum Gasteiger partial charge on any atom is 0.0701 e. The normalized spacial score (nSPS) is 19.2. The van der Waals surface area contributed by atoms with E-state index in [1.54, 1.807) is 0 Å². The van der Waals surface area contributed by atoms with Gasteiger partial charge in [-0.25, -0.2) is 0 Å². The van der Waals surface area contributed by atoms with Crippen molar-refractivity contribution in [2.75, 3.05) is 24.6 Å². The summed E-state index contributed by atoms with van der Waals surface area (Å²) in [6.07, 6.45) is 0. The molecule has 0 spiro atoms. The van der Waals surface area contributed by atoms with Crippen molar-refractivity contribution in [2.45, 2.75) is 6.54 Å². The number of hydrogen-bond donors (Lipinski definition) is 0. The van der Waals surface area contributed by atoms with E-state index in [9.17, 15) is 0 Å². The van der Waals surface area contributed by atoms with Crippen molar-refractivity contribution in [2.24, 2.45) is 0 Å². The van der Waals surface area contributed by atoms with Gasteiger partial charge in [-0.3, -0.25) is 4.90 Å². The summed E-state index contributed by atoms with van der Waals surface area (Å²) in [6, 6.07) is 4.36. The summed E-state index contributed by atoms with van der Waals surface area (Å²) in [5.41, 5.74) is 0. The quantitative estimate of drug-likeness (QED) is 0.818. The van der Waals surface area contributed by atoms with E-state index in [0.29, 0.717) is 0 Å². The Kier molecular flexibility index (Phi) is 3.72. The summed E-state index contributed by atoms with van der Waals surface area (Å²) in [5, 5.41) is 0. The molecule has 0 amide bonds. The molecule has 4 heteroatoms. The largest absolute Gasteiger partial charge is 0.297 e. The molecular weight excluding hydrogens is 266 g/mol. The Bertz CT molecular complexity index is 268. The van der Waals surface area contributed by atoms with E-state index in [4.69, 9.17) is 0 Å². The molecule has 1 aliphatic heterocycles. The fourth-order valence-electron chi connectivity index (χ4n) is 1.42. The van der Waals surface area contributed by atoms with Gasteiger partial charge in [0, 0.05) is 36.0 Å². The van der Waals surface area contributed by atoms with E-state index in [2.05, 4.69) is 44.7 Å². The van der Waals surface area contributed by atoms with E-state index < -0.39 is 0 Å². The Labute approximate surface area is 95.6 Å². The molecule has 0 radical (unpaired) electrons. The fourth-order valence-corrected chi connectivity index (χ4v) is 3.92. The van der Waals surface area contributed by atoms with Crippen LogP contribution in [-0.2, 0) is 6.54 Å². The molecule has 1 nitrogen and oxygen atoms in total. The second-order valence-corrected chi connectivity index (χ2v) is 6.87. The minimum Gasteiger partial charge on any atom is -0.297 e. The molecule has 13 heavy (non-hydrogen) atoms. The predicted octanol–water partition coefficient (Wildman–Crippen LogP) is 3.06. The molecule has 1 aromatic heterocycles. The predicted molar refractivity (Wildman–Crippen MR) is 64.6 cm³/mol. The average molecular weight is 278 g/mol. The third kappa shape index (κ3) is 2.98. The van der Waals surface area contributed by atoms with Crippen molar-refractivity contribution >= 4 is 39.0 Å². The van der Waals surface area contributed by atoms with Crippen molar-refractivity contribution < 1.29 is 0 Å². The van der Waals surface area contributed by atoms with E-state index in [1.807, 2.05) is 11.3 Å². The Balaban J connectivity index is 1.89. The van der Waals surface area contributed by atoms with Crippen LogP contribution in [-0.4, -0.2) is 29.5 Å². The Hall–Kier alpha value is 0.490. The molecule has 0 aromatic carbocycles. The molecule has 72 valence electrons. The zero-order chi connectivity index (χ0) is 9.10. The van der Waals surface area contributed by atoms with E-state index in [-0.39, 0.29) is 0 Å². The molecule has 1 fully saturated rings. The van der Waals surface area contributed by atoms with Gasteiger partial charge in [-0.2, -0.15) is 11.8 Å². The maximum absolute atomic E-state index is 3.49. The van der Waals surface area contributed by atoms with Crippen LogP contribution in [0.5, 0.6) is 0 Å². The molecule has 0 saturated carbocycles. The van der Waals surface area contributed by atoms with Gasteiger partial charge in [0.25, 0.3) is 0 Å². The first-order chi connectivity index (χ1) is 6.34. The van der Waals surface area contributed by atoms with Crippen molar-refractivity contribution in [3.8, 4) is 0 Å². The molecule has 1 aliphatic rings. The lowest BCUT2D eigenvalue weighted by molar-refractivity contribution is 0.297. The van der Waals surface area contributed by atoms with Crippen molar-refractivity contribution in [3.63, 3.8) is 0 Å². The molecule has 0 bridgehead atoms. The molecular formula is C9H12BrNS2. The molecule has 0 atom stereocenters. The molecule has 1 aromatic rings. The molecule has 2 heterocycles. The zero-order valence-electron chi connectivity index (χ0n) is 7.33.